The maximum Gasteiger partial charge on any atom is 0.177 e. The van der Waals surface area contributed by atoms with Crippen molar-refractivity contribution in [3.8, 4) is 0 Å². The molecule has 0 unspecified atom stereocenters. The van der Waals surface area contributed by atoms with Gasteiger partial charge in [0.25, 0.3) is 0 Å². The predicted octanol–water partition coefficient (Wildman–Crippen LogP) is 2.93. The third-order valence-electron chi connectivity index (χ3n) is 3.73. The molecule has 0 bridgehead atoms. The highest BCUT2D eigenvalue weighted by molar-refractivity contribution is 7.92. The van der Waals surface area contributed by atoms with Gasteiger partial charge in [-0.05, 0) is 25.8 Å². The fourth-order valence-electron chi connectivity index (χ4n) is 2.63. The molecule has 0 saturated heterocycles. The number of carbonyl (C=O) groups excluding carboxylic acids is 1. The Morgan fingerprint density at radius 3 is 2.53 bits per heavy atom. The molecule has 1 aliphatic carbocycles. The summed E-state index contributed by atoms with van der Waals surface area (Å²) in [4.78, 5) is 12.1. The van der Waals surface area contributed by atoms with Gasteiger partial charge in [-0.1, -0.05) is 43.0 Å². The van der Waals surface area contributed by atoms with E-state index in [1.807, 2.05) is 13.0 Å². The smallest absolute Gasteiger partial charge is 0.177 e. The van der Waals surface area contributed by atoms with Crippen molar-refractivity contribution < 1.29 is 13.2 Å². The first-order valence-corrected chi connectivity index (χ1v) is 8.52. The number of ketones is 1. The molecule has 104 valence electrons. The van der Waals surface area contributed by atoms with E-state index in [0.717, 1.165) is 24.8 Å². The van der Waals surface area contributed by atoms with Gasteiger partial charge in [0.05, 0.1) is 5.25 Å². The lowest BCUT2D eigenvalue weighted by molar-refractivity contribution is 0.102. The van der Waals surface area contributed by atoms with E-state index in [-0.39, 0.29) is 16.8 Å². The van der Waals surface area contributed by atoms with Gasteiger partial charge in [-0.3, -0.25) is 4.79 Å². The van der Waals surface area contributed by atoms with Gasteiger partial charge in [0.1, 0.15) is 5.75 Å². The molecule has 3 nitrogen and oxygen atoms in total. The summed E-state index contributed by atoms with van der Waals surface area (Å²) in [5.74, 6) is -0.629. The predicted molar refractivity (Wildman–Crippen MR) is 76.2 cm³/mol. The fourth-order valence-corrected chi connectivity index (χ4v) is 4.45. The van der Waals surface area contributed by atoms with Gasteiger partial charge in [0, 0.05) is 5.56 Å². The van der Waals surface area contributed by atoms with Gasteiger partial charge in [-0.25, -0.2) is 8.42 Å². The maximum atomic E-state index is 12.2. The van der Waals surface area contributed by atoms with Crippen molar-refractivity contribution in [2.75, 3.05) is 5.75 Å². The van der Waals surface area contributed by atoms with E-state index in [2.05, 4.69) is 0 Å². The van der Waals surface area contributed by atoms with E-state index in [9.17, 15) is 13.2 Å². The van der Waals surface area contributed by atoms with Gasteiger partial charge in [-0.15, -0.1) is 0 Å². The van der Waals surface area contributed by atoms with Crippen molar-refractivity contribution in [1.82, 2.24) is 0 Å². The molecule has 19 heavy (non-hydrogen) atoms. The molecular weight excluding hydrogens is 260 g/mol. The van der Waals surface area contributed by atoms with E-state index in [1.165, 1.54) is 0 Å². The Morgan fingerprint density at radius 2 is 1.89 bits per heavy atom. The minimum atomic E-state index is -3.29. The fraction of sp³-hybridized carbons (Fsp3) is 0.533. The quantitative estimate of drug-likeness (QED) is 0.797. The first-order valence-electron chi connectivity index (χ1n) is 6.80. The second-order valence-electron chi connectivity index (χ2n) is 5.36. The maximum absolute atomic E-state index is 12.2. The van der Waals surface area contributed by atoms with Crippen molar-refractivity contribution in [3.63, 3.8) is 0 Å². The Balaban J connectivity index is 2.09. The summed E-state index contributed by atoms with van der Waals surface area (Å²) in [5, 5.41) is -0.310. The summed E-state index contributed by atoms with van der Waals surface area (Å²) in [6.45, 7) is 1.90. The molecule has 4 heteroatoms. The summed E-state index contributed by atoms with van der Waals surface area (Å²) in [7, 11) is -3.29. The first-order chi connectivity index (χ1) is 8.99. The van der Waals surface area contributed by atoms with E-state index in [4.69, 9.17) is 0 Å². The summed E-state index contributed by atoms with van der Waals surface area (Å²) < 4.78 is 24.5. The lowest BCUT2D eigenvalue weighted by Gasteiger charge is -2.21. The van der Waals surface area contributed by atoms with Crippen LogP contribution in [-0.2, 0) is 9.84 Å². The Labute approximate surface area is 114 Å². The zero-order valence-electron chi connectivity index (χ0n) is 11.3. The van der Waals surface area contributed by atoms with Crippen LogP contribution in [0.3, 0.4) is 0 Å². The zero-order chi connectivity index (χ0) is 13.9. The molecule has 0 spiro atoms. The van der Waals surface area contributed by atoms with Crippen LogP contribution < -0.4 is 0 Å². The Bertz CT molecular complexity index is 555. The molecule has 0 heterocycles. The average Bonchev–Trinajstić information content (AvgIpc) is 2.39. The van der Waals surface area contributed by atoms with Crippen molar-refractivity contribution in [1.29, 1.82) is 0 Å². The first kappa shape index (κ1) is 14.3. The Hall–Kier alpha value is -1.16. The van der Waals surface area contributed by atoms with Gasteiger partial charge in [0.2, 0.25) is 0 Å². The average molecular weight is 280 g/mol. The lowest BCUT2D eigenvalue weighted by Crippen LogP contribution is -2.29. The number of hydrogen-bond acceptors (Lipinski definition) is 3. The van der Waals surface area contributed by atoms with Gasteiger partial charge >= 0.3 is 0 Å². The van der Waals surface area contributed by atoms with Gasteiger partial charge in [0.15, 0.2) is 15.6 Å². The third kappa shape index (κ3) is 3.66. The van der Waals surface area contributed by atoms with Crippen LogP contribution in [0.1, 0.15) is 48.0 Å². The van der Waals surface area contributed by atoms with Crippen LogP contribution in [0.2, 0.25) is 0 Å². The van der Waals surface area contributed by atoms with E-state index < -0.39 is 9.84 Å². The summed E-state index contributed by atoms with van der Waals surface area (Å²) in [6, 6.07) is 7.12. The standard InChI is InChI=1S/C15H20O3S/c1-12-6-5-7-13(10-12)15(16)11-19(17,18)14-8-3-2-4-9-14/h5-7,10,14H,2-4,8-9,11H2,1H3. The lowest BCUT2D eigenvalue weighted by atomic mass is 10.0. The molecule has 1 aliphatic rings. The molecule has 0 aliphatic heterocycles. The monoisotopic (exact) mass is 280 g/mol. The number of aryl methyl sites for hydroxylation is 1. The molecule has 0 amide bonds. The van der Waals surface area contributed by atoms with Crippen LogP contribution in [0.25, 0.3) is 0 Å². The zero-order valence-corrected chi connectivity index (χ0v) is 12.1. The normalized spacial score (nSPS) is 17.3. The van der Waals surface area contributed by atoms with E-state index in [0.29, 0.717) is 18.4 Å². The van der Waals surface area contributed by atoms with Crippen LogP contribution in [0, 0.1) is 6.92 Å². The largest absolute Gasteiger partial charge is 0.293 e. The molecule has 1 saturated carbocycles. The molecular formula is C15H20O3S. The number of hydrogen-bond donors (Lipinski definition) is 0. The van der Waals surface area contributed by atoms with Gasteiger partial charge < -0.3 is 0 Å². The Morgan fingerprint density at radius 1 is 1.21 bits per heavy atom. The number of carbonyl (C=O) groups is 1. The van der Waals surface area contributed by atoms with Crippen molar-refractivity contribution >= 4 is 15.6 Å². The molecule has 0 atom stereocenters. The topological polar surface area (TPSA) is 51.2 Å². The van der Waals surface area contributed by atoms with Crippen LogP contribution in [0.15, 0.2) is 24.3 Å². The molecule has 0 N–H and O–H groups in total. The molecule has 1 aromatic carbocycles. The second kappa shape index (κ2) is 5.87. The highest BCUT2D eigenvalue weighted by Gasteiger charge is 2.29. The molecule has 1 fully saturated rings. The summed E-state index contributed by atoms with van der Waals surface area (Å²) in [6.07, 6.45) is 4.45. The minimum absolute atomic E-state index is 0.283. The van der Waals surface area contributed by atoms with Gasteiger partial charge in [-0.2, -0.15) is 0 Å². The molecule has 0 aromatic heterocycles. The number of sulfone groups is 1. The summed E-state index contributed by atoms with van der Waals surface area (Å²) >= 11 is 0. The van der Waals surface area contributed by atoms with Crippen LogP contribution in [0.5, 0.6) is 0 Å². The Kier molecular flexibility index (Phi) is 4.40. The van der Waals surface area contributed by atoms with E-state index >= 15 is 0 Å². The van der Waals surface area contributed by atoms with Crippen LogP contribution in [-0.4, -0.2) is 25.2 Å². The van der Waals surface area contributed by atoms with Crippen LogP contribution in [0.4, 0.5) is 0 Å². The number of rotatable bonds is 4. The van der Waals surface area contributed by atoms with Crippen molar-refractivity contribution in [2.24, 2.45) is 0 Å². The molecule has 1 aromatic rings. The molecule has 0 radical (unpaired) electrons. The van der Waals surface area contributed by atoms with E-state index in [1.54, 1.807) is 18.2 Å². The SMILES string of the molecule is Cc1cccc(C(=O)CS(=O)(=O)C2CCCCC2)c1. The highest BCUT2D eigenvalue weighted by atomic mass is 32.2. The highest BCUT2D eigenvalue weighted by Crippen LogP contribution is 2.24. The number of Topliss-reactive ketones (excluding diaryl/α,β-unsaturated/α-hetero) is 1. The molecule has 2 rings (SSSR count). The number of benzene rings is 1. The van der Waals surface area contributed by atoms with Crippen LogP contribution >= 0.6 is 0 Å². The van der Waals surface area contributed by atoms with Crippen molar-refractivity contribution in [3.05, 3.63) is 35.4 Å². The van der Waals surface area contributed by atoms with Crippen molar-refractivity contribution in [2.45, 2.75) is 44.3 Å². The third-order valence-corrected chi connectivity index (χ3v) is 5.88. The minimum Gasteiger partial charge on any atom is -0.293 e. The second-order valence-corrected chi connectivity index (χ2v) is 7.64. The summed E-state index contributed by atoms with van der Waals surface area (Å²) in [5.41, 5.74) is 1.47.